The van der Waals surface area contributed by atoms with Crippen molar-refractivity contribution in [1.82, 2.24) is 4.98 Å². The fraction of sp³-hybridized carbons (Fsp3) is 0.111. The molecule has 84 valence electrons. The van der Waals surface area contributed by atoms with Crippen LogP contribution in [0.4, 0.5) is 0 Å². The molecule has 0 bridgehead atoms. The second-order valence-electron chi connectivity index (χ2n) is 2.88. The lowest BCUT2D eigenvalue weighted by molar-refractivity contribution is 0.0656. The predicted molar refractivity (Wildman–Crippen MR) is 57.9 cm³/mol. The highest BCUT2D eigenvalue weighted by Gasteiger charge is 2.14. The number of carboxylic acid groups (broad SMARTS) is 1. The Labute approximate surface area is 97.2 Å². The molecule has 0 aliphatic rings. The van der Waals surface area contributed by atoms with Crippen molar-refractivity contribution in [2.75, 3.05) is 0 Å². The fourth-order valence-electron chi connectivity index (χ4n) is 1.07. The highest BCUT2D eigenvalue weighted by atomic mass is 32.2. The minimum atomic E-state index is -1.37. The predicted octanol–water partition coefficient (Wildman–Crippen LogP) is 1.74. The largest absolute Gasteiger partial charge is 0.475 e. The van der Waals surface area contributed by atoms with Gasteiger partial charge in [0.15, 0.2) is 5.09 Å². The molecular weight excluding hydrogens is 250 g/mol. The van der Waals surface area contributed by atoms with Crippen LogP contribution in [0.3, 0.4) is 0 Å². The van der Waals surface area contributed by atoms with Crippen molar-refractivity contribution in [3.63, 3.8) is 0 Å². The van der Waals surface area contributed by atoms with Crippen molar-refractivity contribution in [2.24, 2.45) is 0 Å². The van der Waals surface area contributed by atoms with E-state index in [2.05, 4.69) is 4.98 Å². The Morgan fingerprint density at radius 2 is 2.38 bits per heavy atom. The summed E-state index contributed by atoms with van der Waals surface area (Å²) in [6, 6.07) is 2.71. The maximum Gasteiger partial charge on any atom is 0.371 e. The van der Waals surface area contributed by atoms with E-state index in [0.717, 1.165) is 4.88 Å². The minimum absolute atomic E-state index is 0.172. The highest BCUT2D eigenvalue weighted by molar-refractivity contribution is 7.84. The third-order valence-corrected chi connectivity index (χ3v) is 3.98. The van der Waals surface area contributed by atoms with Crippen molar-refractivity contribution in [2.45, 2.75) is 10.8 Å². The first-order valence-corrected chi connectivity index (χ1v) is 6.45. The number of hydrogen-bond acceptors (Lipinski definition) is 5. The number of hydrogen-bond donors (Lipinski definition) is 1. The quantitative estimate of drug-likeness (QED) is 0.902. The molecule has 5 nitrogen and oxygen atoms in total. The van der Waals surface area contributed by atoms with E-state index in [1.165, 1.54) is 23.5 Å². The van der Waals surface area contributed by atoms with Crippen LogP contribution in [0.1, 0.15) is 15.4 Å². The third kappa shape index (κ3) is 2.37. The number of carbonyl (C=O) groups is 1. The van der Waals surface area contributed by atoms with E-state index in [-0.39, 0.29) is 16.6 Å². The summed E-state index contributed by atoms with van der Waals surface area (Å²) >= 11 is 1.40. The number of aromatic nitrogens is 1. The topological polar surface area (TPSA) is 80.4 Å². The lowest BCUT2D eigenvalue weighted by Gasteiger charge is -1.94. The Hall–Kier alpha value is -1.47. The van der Waals surface area contributed by atoms with Crippen molar-refractivity contribution >= 4 is 28.1 Å². The van der Waals surface area contributed by atoms with Crippen molar-refractivity contribution < 1.29 is 18.5 Å². The van der Waals surface area contributed by atoms with E-state index in [0.29, 0.717) is 0 Å². The molecule has 16 heavy (non-hydrogen) atoms. The molecule has 2 aromatic heterocycles. The molecule has 1 atom stereocenters. The molecule has 0 fully saturated rings. The number of furan rings is 1. The molecule has 2 heterocycles. The fourth-order valence-corrected chi connectivity index (χ4v) is 2.92. The first-order chi connectivity index (χ1) is 7.66. The van der Waals surface area contributed by atoms with Gasteiger partial charge >= 0.3 is 5.97 Å². The first-order valence-electron chi connectivity index (χ1n) is 4.25. The van der Waals surface area contributed by atoms with Gasteiger partial charge in [0.2, 0.25) is 5.76 Å². The molecule has 0 spiro atoms. The summed E-state index contributed by atoms with van der Waals surface area (Å²) in [4.78, 5) is 15.3. The molecule has 0 aliphatic heterocycles. The van der Waals surface area contributed by atoms with Gasteiger partial charge in [-0.05, 0) is 12.1 Å². The van der Waals surface area contributed by atoms with E-state index in [4.69, 9.17) is 9.52 Å². The van der Waals surface area contributed by atoms with Crippen LogP contribution in [0.25, 0.3) is 0 Å². The zero-order chi connectivity index (χ0) is 11.5. The molecule has 1 unspecified atom stereocenters. The number of carboxylic acids is 1. The van der Waals surface area contributed by atoms with Gasteiger partial charge in [0.25, 0.3) is 0 Å². The molecule has 2 rings (SSSR count). The highest BCUT2D eigenvalue weighted by Crippen LogP contribution is 2.17. The van der Waals surface area contributed by atoms with Gasteiger partial charge in [0.1, 0.15) is 0 Å². The van der Waals surface area contributed by atoms with Crippen LogP contribution < -0.4 is 0 Å². The second kappa shape index (κ2) is 4.58. The van der Waals surface area contributed by atoms with Crippen LogP contribution in [0.5, 0.6) is 0 Å². The SMILES string of the molecule is O=C(O)c1ccc(S(=O)Cc2cncs2)o1. The molecule has 0 amide bonds. The van der Waals surface area contributed by atoms with Gasteiger partial charge < -0.3 is 9.52 Å². The van der Waals surface area contributed by atoms with Crippen LogP contribution in [-0.2, 0) is 16.6 Å². The first kappa shape index (κ1) is 11.0. The average molecular weight is 257 g/mol. The molecule has 0 saturated heterocycles. The lowest BCUT2D eigenvalue weighted by Crippen LogP contribution is -1.94. The van der Waals surface area contributed by atoms with Crippen molar-refractivity contribution in [1.29, 1.82) is 0 Å². The number of aromatic carboxylic acids is 1. The summed E-state index contributed by atoms with van der Waals surface area (Å²) in [6.45, 7) is 0. The smallest absolute Gasteiger partial charge is 0.371 e. The lowest BCUT2D eigenvalue weighted by atomic mass is 10.5. The summed E-state index contributed by atoms with van der Waals surface area (Å²) < 4.78 is 16.7. The van der Waals surface area contributed by atoms with Crippen LogP contribution in [0.15, 0.2) is 33.3 Å². The van der Waals surface area contributed by atoms with E-state index < -0.39 is 16.8 Å². The maximum atomic E-state index is 11.8. The van der Waals surface area contributed by atoms with Crippen LogP contribution in [-0.4, -0.2) is 20.3 Å². The standard InChI is InChI=1S/C9H7NO4S2/c11-9(12)7-1-2-8(14-7)16(13)4-6-3-10-5-15-6/h1-3,5H,4H2,(H,11,12). The molecule has 2 aromatic rings. The van der Waals surface area contributed by atoms with Crippen LogP contribution in [0, 0.1) is 0 Å². The normalized spacial score (nSPS) is 12.5. The molecule has 0 radical (unpaired) electrons. The van der Waals surface area contributed by atoms with E-state index in [9.17, 15) is 9.00 Å². The minimum Gasteiger partial charge on any atom is -0.475 e. The van der Waals surface area contributed by atoms with Gasteiger partial charge in [-0.1, -0.05) is 0 Å². The third-order valence-electron chi connectivity index (χ3n) is 1.77. The second-order valence-corrected chi connectivity index (χ2v) is 5.23. The summed E-state index contributed by atoms with van der Waals surface area (Å²) in [7, 11) is -1.37. The molecule has 0 aliphatic carbocycles. The Morgan fingerprint density at radius 3 is 2.94 bits per heavy atom. The monoisotopic (exact) mass is 257 g/mol. The summed E-state index contributed by atoms with van der Waals surface area (Å²) in [5.41, 5.74) is 1.65. The van der Waals surface area contributed by atoms with Crippen molar-refractivity contribution in [3.8, 4) is 0 Å². The summed E-state index contributed by atoms with van der Waals surface area (Å²) in [5, 5.41) is 8.81. The van der Waals surface area contributed by atoms with Gasteiger partial charge in [-0.3, -0.25) is 9.19 Å². The van der Waals surface area contributed by atoms with Gasteiger partial charge in [-0.2, -0.15) is 0 Å². The zero-order valence-corrected chi connectivity index (χ0v) is 9.59. The molecule has 0 saturated carbocycles. The number of rotatable bonds is 4. The van der Waals surface area contributed by atoms with E-state index in [1.54, 1.807) is 11.7 Å². The summed E-state index contributed by atoms with van der Waals surface area (Å²) in [5.74, 6) is -1.08. The Balaban J connectivity index is 2.12. The number of thiazole rings is 1. The molecule has 0 aromatic carbocycles. The van der Waals surface area contributed by atoms with Gasteiger partial charge in [0.05, 0.1) is 22.1 Å². The summed E-state index contributed by atoms with van der Waals surface area (Å²) in [6.07, 6.45) is 1.63. The van der Waals surface area contributed by atoms with Crippen LogP contribution in [0.2, 0.25) is 0 Å². The van der Waals surface area contributed by atoms with E-state index >= 15 is 0 Å². The van der Waals surface area contributed by atoms with E-state index in [1.807, 2.05) is 0 Å². The zero-order valence-electron chi connectivity index (χ0n) is 7.95. The van der Waals surface area contributed by atoms with Gasteiger partial charge in [-0.15, -0.1) is 11.3 Å². The average Bonchev–Trinajstić information content (AvgIpc) is 2.86. The van der Waals surface area contributed by atoms with Gasteiger partial charge in [-0.25, -0.2) is 4.79 Å². The van der Waals surface area contributed by atoms with Crippen molar-refractivity contribution in [3.05, 3.63) is 34.5 Å². The van der Waals surface area contributed by atoms with Crippen LogP contribution >= 0.6 is 11.3 Å². The molecule has 1 N–H and O–H groups in total. The maximum absolute atomic E-state index is 11.8. The molecule has 7 heteroatoms. The Bertz CT molecular complexity index is 517. The molecular formula is C9H7NO4S2. The van der Waals surface area contributed by atoms with Gasteiger partial charge in [0, 0.05) is 11.1 Å². The number of nitrogens with zero attached hydrogens (tertiary/aromatic N) is 1. The Morgan fingerprint density at radius 1 is 1.56 bits per heavy atom. The Kier molecular flexibility index (Phi) is 3.16.